The van der Waals surface area contributed by atoms with Gasteiger partial charge in [-0.25, -0.2) is 0 Å². The number of nitriles is 5. The molecule has 10 bridgehead atoms. The SMILES string of the molecule is CCCCCCCCCCOc1cc2cc(c1)C(C#N)=Cc1cc(OCCCCCCCCCC)cc(c1)C(C#N)=Cc1cc(OCCCCCCCCCC)cc(c1)C(C#N)=Cc1cc(OCCCCCCCCCC)cc(c1)C(C#N)=Cc1cc(OCCCCCCCCCC)cc(c1)C(C#N)=C2. The fraction of sp³-hybridized carbons (Fsp3) is 0.526. The van der Waals surface area contributed by atoms with Gasteiger partial charge in [-0.2, -0.15) is 26.3 Å². The number of ether oxygens (including phenoxy) is 5. The predicted octanol–water partition coefficient (Wildman–Crippen LogP) is 27.9. The van der Waals surface area contributed by atoms with E-state index in [0.29, 0.717) is 145 Å². The number of hydrogen-bond acceptors (Lipinski definition) is 10. The molecule has 0 aliphatic heterocycles. The van der Waals surface area contributed by atoms with Gasteiger partial charge in [-0.1, -0.05) is 259 Å². The molecule has 0 spiro atoms. The molecule has 0 unspecified atom stereocenters. The molecule has 560 valence electrons. The minimum absolute atomic E-state index is 0.347. The lowest BCUT2D eigenvalue weighted by molar-refractivity contribution is 0.304. The van der Waals surface area contributed by atoms with Crippen molar-refractivity contribution in [2.45, 2.75) is 291 Å². The van der Waals surface area contributed by atoms with E-state index in [-0.39, 0.29) is 0 Å². The second-order valence-corrected chi connectivity index (χ2v) is 28.9. The number of unbranched alkanes of at least 4 members (excludes halogenated alkanes) is 35. The molecule has 10 nitrogen and oxygen atoms in total. The highest BCUT2D eigenvalue weighted by atomic mass is 16.5. The zero-order valence-electron chi connectivity index (χ0n) is 65.1. The fourth-order valence-electron chi connectivity index (χ4n) is 13.6. The summed E-state index contributed by atoms with van der Waals surface area (Å²) in [5, 5.41) is 56.6. The van der Waals surface area contributed by atoms with Crippen LogP contribution in [0.15, 0.2) is 91.0 Å². The van der Waals surface area contributed by atoms with Crippen LogP contribution in [0.3, 0.4) is 0 Å². The molecule has 105 heavy (non-hydrogen) atoms. The zero-order valence-corrected chi connectivity index (χ0v) is 65.1. The number of allylic oxidation sites excluding steroid dienone is 5. The van der Waals surface area contributed by atoms with Crippen LogP contribution in [0, 0.1) is 56.7 Å². The van der Waals surface area contributed by atoms with E-state index >= 15 is 0 Å². The van der Waals surface area contributed by atoms with Gasteiger partial charge >= 0.3 is 0 Å². The van der Waals surface area contributed by atoms with Crippen molar-refractivity contribution < 1.29 is 23.7 Å². The van der Waals surface area contributed by atoms with Crippen molar-refractivity contribution in [2.75, 3.05) is 33.0 Å². The Kier molecular flexibility index (Phi) is 43.1. The monoisotopic (exact) mass is 1420 g/mol. The number of hydrogen-bond donors (Lipinski definition) is 0. The minimum Gasteiger partial charge on any atom is -0.494 e. The van der Waals surface area contributed by atoms with E-state index in [1.54, 1.807) is 0 Å². The van der Waals surface area contributed by atoms with Gasteiger partial charge in [0.15, 0.2) is 0 Å². The molecule has 0 saturated heterocycles. The summed E-state index contributed by atoms with van der Waals surface area (Å²) in [6.45, 7) is 13.6. The second kappa shape index (κ2) is 53.1. The van der Waals surface area contributed by atoms with Crippen LogP contribution in [0.4, 0.5) is 0 Å². The van der Waals surface area contributed by atoms with Crippen molar-refractivity contribution in [3.8, 4) is 59.1 Å². The number of benzene rings is 5. The summed E-state index contributed by atoms with van der Waals surface area (Å²) in [5.41, 5.74) is 7.97. The van der Waals surface area contributed by atoms with E-state index in [1.165, 1.54) is 161 Å². The Hall–Kier alpha value is -8.75. The summed E-state index contributed by atoms with van der Waals surface area (Å²) >= 11 is 0. The zero-order chi connectivity index (χ0) is 74.6. The van der Waals surface area contributed by atoms with Crippen LogP contribution in [0.25, 0.3) is 58.2 Å². The Bertz CT molecular complexity index is 3190. The lowest BCUT2D eigenvalue weighted by Crippen LogP contribution is -2.00. The Morgan fingerprint density at radius 2 is 0.333 bits per heavy atom. The first-order valence-electron chi connectivity index (χ1n) is 41.2. The van der Waals surface area contributed by atoms with Crippen LogP contribution in [-0.2, 0) is 0 Å². The first-order chi connectivity index (χ1) is 51.7. The molecule has 5 aromatic carbocycles. The largest absolute Gasteiger partial charge is 0.494 e. The summed E-state index contributed by atoms with van der Waals surface area (Å²) in [5.74, 6) is 2.85. The lowest BCUT2D eigenvalue weighted by Gasteiger charge is -2.13. The Morgan fingerprint density at radius 1 is 0.190 bits per heavy atom. The molecule has 0 aromatic heterocycles. The highest BCUT2D eigenvalue weighted by Crippen LogP contribution is 2.36. The third kappa shape index (κ3) is 33.9. The van der Waals surface area contributed by atoms with Gasteiger partial charge in [0.1, 0.15) is 28.7 Å². The summed E-state index contributed by atoms with van der Waals surface area (Å²) in [6.07, 6.45) is 55.3. The molecule has 10 heteroatoms. The second-order valence-electron chi connectivity index (χ2n) is 28.9. The highest BCUT2D eigenvalue weighted by molar-refractivity contribution is 5.98. The molecule has 0 atom stereocenters. The average Bonchev–Trinajstić information content (AvgIpc) is 0.890. The van der Waals surface area contributed by atoms with Crippen LogP contribution < -0.4 is 23.7 Å². The molecular weight excluding hydrogens is 1290 g/mol. The topological polar surface area (TPSA) is 165 Å². The maximum atomic E-state index is 11.3. The Morgan fingerprint density at radius 3 is 0.476 bits per heavy atom. The summed E-state index contributed by atoms with van der Waals surface area (Å²) in [7, 11) is 0. The number of rotatable bonds is 50. The maximum Gasteiger partial charge on any atom is 0.120 e. The predicted molar refractivity (Wildman–Crippen MR) is 440 cm³/mol. The number of nitrogens with zero attached hydrogens (tertiary/aromatic N) is 5. The van der Waals surface area contributed by atoms with Crippen LogP contribution in [-0.4, -0.2) is 33.0 Å². The third-order valence-electron chi connectivity index (χ3n) is 19.7. The average molecular weight is 1420 g/mol. The van der Waals surface area contributed by atoms with Gasteiger partial charge in [0.05, 0.1) is 91.2 Å². The van der Waals surface area contributed by atoms with Crippen molar-refractivity contribution in [2.24, 2.45) is 0 Å². The molecule has 0 N–H and O–H groups in total. The molecule has 0 heterocycles. The summed E-state index contributed by atoms with van der Waals surface area (Å²) < 4.78 is 33.1. The molecule has 0 saturated carbocycles. The lowest BCUT2D eigenvalue weighted by atomic mass is 9.96. The van der Waals surface area contributed by atoms with Gasteiger partial charge in [-0.05, 0) is 209 Å². The quantitative estimate of drug-likeness (QED) is 0.0342. The first-order valence-corrected chi connectivity index (χ1v) is 41.2. The molecule has 5 aromatic rings. The van der Waals surface area contributed by atoms with Gasteiger partial charge in [0.25, 0.3) is 0 Å². The standard InChI is InChI=1S/C95H125N5O5/c1-6-11-16-21-26-31-36-41-46-101-91-61-76-51-81(66-91)86(71-96)57-77-52-83(68-92(62-77)102-47-42-37-32-27-22-17-12-7-2)88(73-98)59-79-54-85(70-94(64-79)104-49-44-39-34-29-24-19-14-9-4)90(75-100)60-80-55-84(69-95(65-80)105-50-45-40-35-30-25-20-15-10-5)89(74-99)58-78-53-82(87(56-76)72-97)67-93(63-78)103-48-43-38-33-28-23-18-13-8-3/h51-70H,6-50H2,1-5H3. The van der Waals surface area contributed by atoms with E-state index in [0.717, 1.165) is 96.3 Å². The van der Waals surface area contributed by atoms with Crippen molar-refractivity contribution in [3.63, 3.8) is 0 Å². The van der Waals surface area contributed by atoms with E-state index < -0.39 is 0 Å². The van der Waals surface area contributed by atoms with Crippen LogP contribution in [0.1, 0.15) is 347 Å². The molecule has 1 aliphatic carbocycles. The van der Waals surface area contributed by atoms with Crippen LogP contribution >= 0.6 is 0 Å². The molecule has 1 aliphatic rings. The van der Waals surface area contributed by atoms with Crippen molar-refractivity contribution >= 4 is 58.2 Å². The van der Waals surface area contributed by atoms with E-state index in [2.05, 4.69) is 65.0 Å². The highest BCUT2D eigenvalue weighted by Gasteiger charge is 2.17. The van der Waals surface area contributed by atoms with Gasteiger partial charge in [-0.3, -0.25) is 0 Å². The van der Waals surface area contributed by atoms with E-state index in [1.807, 2.05) is 121 Å². The fourth-order valence-corrected chi connectivity index (χ4v) is 13.6. The Balaban J connectivity index is 1.57. The van der Waals surface area contributed by atoms with Gasteiger partial charge in [0, 0.05) is 0 Å². The van der Waals surface area contributed by atoms with Gasteiger partial charge in [-0.15, -0.1) is 0 Å². The summed E-state index contributed by atoms with van der Waals surface area (Å²) in [4.78, 5) is 0. The number of fused-ring (bicyclic) bond motifs is 10. The van der Waals surface area contributed by atoms with Crippen LogP contribution in [0.2, 0.25) is 0 Å². The van der Waals surface area contributed by atoms with Crippen molar-refractivity contribution in [1.82, 2.24) is 0 Å². The molecule has 6 rings (SSSR count). The Labute approximate surface area is 634 Å². The molecule has 0 radical (unpaired) electrons. The molecular formula is C95H125N5O5. The normalized spacial score (nSPS) is 12.1. The van der Waals surface area contributed by atoms with Gasteiger partial charge in [0.2, 0.25) is 0 Å². The van der Waals surface area contributed by atoms with E-state index in [9.17, 15) is 26.3 Å². The first kappa shape index (κ1) is 85.2. The maximum absolute atomic E-state index is 11.3. The molecule has 0 fully saturated rings. The summed E-state index contributed by atoms with van der Waals surface area (Å²) in [6, 6.07) is 41.4. The minimum atomic E-state index is 0.347. The van der Waals surface area contributed by atoms with Crippen molar-refractivity contribution in [3.05, 3.63) is 147 Å². The van der Waals surface area contributed by atoms with Crippen LogP contribution in [0.5, 0.6) is 28.7 Å². The third-order valence-corrected chi connectivity index (χ3v) is 19.7. The van der Waals surface area contributed by atoms with E-state index in [4.69, 9.17) is 23.7 Å². The molecule has 0 amide bonds. The van der Waals surface area contributed by atoms with Crippen molar-refractivity contribution in [1.29, 1.82) is 26.3 Å². The van der Waals surface area contributed by atoms with Gasteiger partial charge < -0.3 is 23.7 Å². The smallest absolute Gasteiger partial charge is 0.120 e.